The van der Waals surface area contributed by atoms with Gasteiger partial charge in [0.2, 0.25) is 5.91 Å². The highest BCUT2D eigenvalue weighted by Gasteiger charge is 2.23. The van der Waals surface area contributed by atoms with E-state index in [1.807, 2.05) is 19.9 Å². The number of aromatic nitrogens is 2. The van der Waals surface area contributed by atoms with Crippen molar-refractivity contribution in [3.05, 3.63) is 30.3 Å². The Morgan fingerprint density at radius 3 is 3.04 bits per heavy atom. The van der Waals surface area contributed by atoms with Crippen molar-refractivity contribution in [1.29, 1.82) is 0 Å². The summed E-state index contributed by atoms with van der Waals surface area (Å²) in [5.41, 5.74) is 0.359. The SMILES string of the molecule is CC(C)C(=O)NCC1CCCN(c2ncnc3c(F)cccc23)C1. The Bertz CT molecular complexity index is 734. The van der Waals surface area contributed by atoms with Crippen molar-refractivity contribution in [3.8, 4) is 0 Å². The average molecular weight is 330 g/mol. The van der Waals surface area contributed by atoms with Crippen LogP contribution in [0.4, 0.5) is 10.2 Å². The molecule has 1 saturated heterocycles. The normalized spacial score (nSPS) is 18.2. The Kier molecular flexibility index (Phi) is 4.92. The topological polar surface area (TPSA) is 58.1 Å². The largest absolute Gasteiger partial charge is 0.356 e. The highest BCUT2D eigenvalue weighted by Crippen LogP contribution is 2.28. The molecule has 1 amide bonds. The van der Waals surface area contributed by atoms with Gasteiger partial charge in [-0.15, -0.1) is 0 Å². The third-order valence-corrected chi connectivity index (χ3v) is 4.50. The molecule has 5 nitrogen and oxygen atoms in total. The maximum absolute atomic E-state index is 13.9. The summed E-state index contributed by atoms with van der Waals surface area (Å²) in [5.74, 6) is 0.911. The van der Waals surface area contributed by atoms with Gasteiger partial charge in [0.15, 0.2) is 0 Å². The van der Waals surface area contributed by atoms with E-state index in [2.05, 4.69) is 20.2 Å². The predicted molar refractivity (Wildman–Crippen MR) is 92.3 cm³/mol. The molecule has 1 atom stereocenters. The number of para-hydroxylation sites is 1. The van der Waals surface area contributed by atoms with Gasteiger partial charge in [-0.3, -0.25) is 4.79 Å². The lowest BCUT2D eigenvalue weighted by Gasteiger charge is -2.34. The lowest BCUT2D eigenvalue weighted by atomic mass is 9.97. The number of amides is 1. The number of carbonyl (C=O) groups is 1. The van der Waals surface area contributed by atoms with Crippen molar-refractivity contribution in [2.75, 3.05) is 24.5 Å². The van der Waals surface area contributed by atoms with Gasteiger partial charge in [0.1, 0.15) is 23.5 Å². The molecule has 1 fully saturated rings. The van der Waals surface area contributed by atoms with Gasteiger partial charge >= 0.3 is 0 Å². The molecule has 1 N–H and O–H groups in total. The Morgan fingerprint density at radius 2 is 2.25 bits per heavy atom. The molecule has 0 radical (unpaired) electrons. The van der Waals surface area contributed by atoms with Crippen molar-refractivity contribution >= 4 is 22.6 Å². The number of anilines is 1. The van der Waals surface area contributed by atoms with Crippen molar-refractivity contribution in [1.82, 2.24) is 15.3 Å². The highest BCUT2D eigenvalue weighted by atomic mass is 19.1. The molecule has 1 unspecified atom stereocenters. The Balaban J connectivity index is 1.76. The van der Waals surface area contributed by atoms with E-state index < -0.39 is 0 Å². The van der Waals surface area contributed by atoms with Gasteiger partial charge in [0.05, 0.1) is 0 Å². The number of nitrogens with one attached hydrogen (secondary N) is 1. The first kappa shape index (κ1) is 16.6. The lowest BCUT2D eigenvalue weighted by Crippen LogP contribution is -2.42. The van der Waals surface area contributed by atoms with E-state index in [4.69, 9.17) is 0 Å². The summed E-state index contributed by atoms with van der Waals surface area (Å²) in [7, 11) is 0. The molecule has 0 spiro atoms. The first-order valence-electron chi connectivity index (χ1n) is 8.48. The number of halogens is 1. The molecule has 0 bridgehead atoms. The third kappa shape index (κ3) is 3.47. The van der Waals surface area contributed by atoms with Gasteiger partial charge < -0.3 is 10.2 Å². The quantitative estimate of drug-likeness (QED) is 0.936. The monoisotopic (exact) mass is 330 g/mol. The summed E-state index contributed by atoms with van der Waals surface area (Å²) >= 11 is 0. The Labute approximate surface area is 141 Å². The number of piperidine rings is 1. The molecule has 2 aromatic rings. The van der Waals surface area contributed by atoms with Crippen LogP contribution >= 0.6 is 0 Å². The second-order valence-electron chi connectivity index (χ2n) is 6.69. The standard InChI is InChI=1S/C18H23FN4O/c1-12(2)18(24)20-9-13-5-4-8-23(10-13)17-14-6-3-7-15(19)16(14)21-11-22-17/h3,6-7,11-13H,4-5,8-10H2,1-2H3,(H,20,24). The summed E-state index contributed by atoms with van der Waals surface area (Å²) in [5, 5.41) is 3.75. The lowest BCUT2D eigenvalue weighted by molar-refractivity contribution is -0.124. The van der Waals surface area contributed by atoms with Gasteiger partial charge in [-0.1, -0.05) is 19.9 Å². The van der Waals surface area contributed by atoms with Crippen LogP contribution in [-0.4, -0.2) is 35.5 Å². The molecular formula is C18H23FN4O. The van der Waals surface area contributed by atoms with Crippen LogP contribution < -0.4 is 10.2 Å². The van der Waals surface area contributed by atoms with Gasteiger partial charge in [-0.2, -0.15) is 0 Å². The zero-order chi connectivity index (χ0) is 17.1. The molecule has 1 aliphatic rings. The maximum Gasteiger partial charge on any atom is 0.222 e. The van der Waals surface area contributed by atoms with E-state index in [1.165, 1.54) is 12.4 Å². The van der Waals surface area contributed by atoms with E-state index in [0.717, 1.165) is 37.1 Å². The van der Waals surface area contributed by atoms with E-state index in [9.17, 15) is 9.18 Å². The number of hydrogen-bond acceptors (Lipinski definition) is 4. The minimum Gasteiger partial charge on any atom is -0.356 e. The van der Waals surface area contributed by atoms with Crippen LogP contribution in [0.25, 0.3) is 10.9 Å². The second kappa shape index (κ2) is 7.11. The zero-order valence-electron chi connectivity index (χ0n) is 14.1. The fourth-order valence-electron chi connectivity index (χ4n) is 3.16. The van der Waals surface area contributed by atoms with Crippen molar-refractivity contribution in [3.63, 3.8) is 0 Å². The number of carbonyl (C=O) groups excluding carboxylic acids is 1. The van der Waals surface area contributed by atoms with Crippen molar-refractivity contribution in [2.24, 2.45) is 11.8 Å². The summed E-state index contributed by atoms with van der Waals surface area (Å²) in [4.78, 5) is 22.4. The number of benzene rings is 1. The van der Waals surface area contributed by atoms with Crippen LogP contribution in [0.15, 0.2) is 24.5 Å². The third-order valence-electron chi connectivity index (χ3n) is 4.50. The Morgan fingerprint density at radius 1 is 1.42 bits per heavy atom. The molecule has 1 aliphatic heterocycles. The van der Waals surface area contributed by atoms with E-state index in [0.29, 0.717) is 18.0 Å². The van der Waals surface area contributed by atoms with E-state index in [-0.39, 0.29) is 17.6 Å². The summed E-state index contributed by atoms with van der Waals surface area (Å²) in [6.45, 7) is 6.15. The molecule has 24 heavy (non-hydrogen) atoms. The maximum atomic E-state index is 13.9. The van der Waals surface area contributed by atoms with Crippen LogP contribution in [0, 0.1) is 17.7 Å². The minimum absolute atomic E-state index is 0.00141. The molecule has 128 valence electrons. The van der Waals surface area contributed by atoms with Crippen molar-refractivity contribution in [2.45, 2.75) is 26.7 Å². The number of nitrogens with zero attached hydrogens (tertiary/aromatic N) is 3. The van der Waals surface area contributed by atoms with E-state index >= 15 is 0 Å². The van der Waals surface area contributed by atoms with E-state index in [1.54, 1.807) is 6.07 Å². The fourth-order valence-corrected chi connectivity index (χ4v) is 3.16. The second-order valence-corrected chi connectivity index (χ2v) is 6.69. The van der Waals surface area contributed by atoms with Crippen LogP contribution in [0.5, 0.6) is 0 Å². The van der Waals surface area contributed by atoms with Crippen molar-refractivity contribution < 1.29 is 9.18 Å². The van der Waals surface area contributed by atoms with Gasteiger partial charge in [0, 0.05) is 30.9 Å². The van der Waals surface area contributed by atoms with Gasteiger partial charge in [0.25, 0.3) is 0 Å². The van der Waals surface area contributed by atoms with Gasteiger partial charge in [-0.05, 0) is 30.9 Å². The first-order chi connectivity index (χ1) is 11.6. The zero-order valence-corrected chi connectivity index (χ0v) is 14.1. The van der Waals surface area contributed by atoms with Crippen LogP contribution in [0.3, 0.4) is 0 Å². The minimum atomic E-state index is -0.325. The van der Waals surface area contributed by atoms with Crippen LogP contribution in [0.2, 0.25) is 0 Å². The first-order valence-corrected chi connectivity index (χ1v) is 8.48. The molecular weight excluding hydrogens is 307 g/mol. The fraction of sp³-hybridized carbons (Fsp3) is 0.500. The number of hydrogen-bond donors (Lipinski definition) is 1. The number of rotatable bonds is 4. The highest BCUT2D eigenvalue weighted by molar-refractivity contribution is 5.89. The molecule has 0 saturated carbocycles. The number of fused-ring (bicyclic) bond motifs is 1. The Hall–Kier alpha value is -2.24. The molecule has 1 aromatic carbocycles. The average Bonchev–Trinajstić information content (AvgIpc) is 2.60. The summed E-state index contributed by atoms with van der Waals surface area (Å²) in [6, 6.07) is 4.96. The molecule has 1 aromatic heterocycles. The summed E-state index contributed by atoms with van der Waals surface area (Å²) in [6.07, 6.45) is 3.53. The molecule has 2 heterocycles. The van der Waals surface area contributed by atoms with Crippen LogP contribution in [-0.2, 0) is 4.79 Å². The predicted octanol–water partition coefficient (Wildman–Crippen LogP) is 2.76. The molecule has 0 aliphatic carbocycles. The smallest absolute Gasteiger partial charge is 0.222 e. The summed E-state index contributed by atoms with van der Waals surface area (Å²) < 4.78 is 13.9. The van der Waals surface area contributed by atoms with Gasteiger partial charge in [-0.25, -0.2) is 14.4 Å². The molecule has 3 rings (SSSR count). The van der Waals surface area contributed by atoms with Crippen LogP contribution in [0.1, 0.15) is 26.7 Å². The molecule has 6 heteroatoms.